The standard InChI is InChI=1S/C22H16BrN/c1-11-14-5-3-6-16-12(2)18-9-13(23)10-19-17-8-4-7-15(11)21(17)24(20(14)16)22(18)19/h3-12H,1-2H3. The summed E-state index contributed by atoms with van der Waals surface area (Å²) < 4.78 is 3.72. The first-order valence-corrected chi connectivity index (χ1v) is 9.35. The summed E-state index contributed by atoms with van der Waals surface area (Å²) >= 11 is 3.74. The molecule has 0 saturated heterocycles. The molecule has 1 aromatic heterocycles. The van der Waals surface area contributed by atoms with Crippen molar-refractivity contribution in [2.24, 2.45) is 0 Å². The van der Waals surface area contributed by atoms with Gasteiger partial charge in [-0.15, -0.1) is 0 Å². The number of nitrogens with zero attached hydrogens (tertiary/aromatic N) is 1. The highest BCUT2D eigenvalue weighted by molar-refractivity contribution is 9.10. The molecule has 2 unspecified atom stereocenters. The van der Waals surface area contributed by atoms with E-state index >= 15 is 0 Å². The van der Waals surface area contributed by atoms with Gasteiger partial charge in [0.1, 0.15) is 0 Å². The van der Waals surface area contributed by atoms with Crippen LogP contribution in [0, 0.1) is 0 Å². The number of benzene rings is 3. The van der Waals surface area contributed by atoms with E-state index in [1.165, 1.54) is 54.2 Å². The van der Waals surface area contributed by atoms with E-state index in [0.29, 0.717) is 11.8 Å². The summed E-state index contributed by atoms with van der Waals surface area (Å²) in [6.07, 6.45) is 0. The molecule has 4 aromatic rings. The van der Waals surface area contributed by atoms with Crippen LogP contribution in [0.25, 0.3) is 27.5 Å². The lowest BCUT2D eigenvalue weighted by Crippen LogP contribution is -2.19. The Morgan fingerprint density at radius 3 is 2.17 bits per heavy atom. The molecule has 0 fully saturated rings. The summed E-state index contributed by atoms with van der Waals surface area (Å²) in [5, 5.41) is 2.75. The molecule has 2 heteroatoms. The van der Waals surface area contributed by atoms with Crippen LogP contribution in [0.2, 0.25) is 0 Å². The largest absolute Gasteiger partial charge is 0.308 e. The van der Waals surface area contributed by atoms with Gasteiger partial charge >= 0.3 is 0 Å². The fourth-order valence-corrected chi connectivity index (χ4v) is 5.47. The molecule has 2 aliphatic heterocycles. The van der Waals surface area contributed by atoms with Crippen molar-refractivity contribution in [1.29, 1.82) is 0 Å². The number of aromatic nitrogens is 1. The Hall–Kier alpha value is -2.06. The third-order valence-corrected chi connectivity index (χ3v) is 6.55. The Morgan fingerprint density at radius 1 is 0.750 bits per heavy atom. The zero-order chi connectivity index (χ0) is 16.2. The van der Waals surface area contributed by atoms with E-state index < -0.39 is 0 Å². The number of para-hydroxylation sites is 2. The van der Waals surface area contributed by atoms with E-state index in [4.69, 9.17) is 0 Å². The molecule has 0 aliphatic carbocycles. The van der Waals surface area contributed by atoms with Gasteiger partial charge in [0.15, 0.2) is 0 Å². The molecule has 0 spiro atoms. The van der Waals surface area contributed by atoms with Crippen LogP contribution in [-0.4, -0.2) is 4.57 Å². The quantitative estimate of drug-likeness (QED) is 0.332. The average molecular weight is 374 g/mol. The second-order valence-electron chi connectivity index (χ2n) is 7.20. The molecule has 2 aliphatic rings. The zero-order valence-electron chi connectivity index (χ0n) is 13.6. The van der Waals surface area contributed by atoms with Crippen LogP contribution in [-0.2, 0) is 0 Å². The number of halogens is 1. The molecule has 0 bridgehead atoms. The number of rotatable bonds is 0. The zero-order valence-corrected chi connectivity index (χ0v) is 15.2. The fraction of sp³-hybridized carbons (Fsp3) is 0.182. The SMILES string of the molecule is CC1c2cccc3c2-n2c4c1cccc4c1cc(Br)cc(c12)C3C. The Balaban J connectivity index is 2.03. The van der Waals surface area contributed by atoms with E-state index in [2.05, 4.69) is 82.9 Å². The smallest absolute Gasteiger partial charge is 0.0580 e. The van der Waals surface area contributed by atoms with Crippen molar-refractivity contribution in [3.63, 3.8) is 0 Å². The van der Waals surface area contributed by atoms with Gasteiger partial charge in [-0.25, -0.2) is 0 Å². The molecule has 0 N–H and O–H groups in total. The fourth-order valence-electron chi connectivity index (χ4n) is 4.99. The van der Waals surface area contributed by atoms with Gasteiger partial charge in [-0.1, -0.05) is 66.2 Å². The van der Waals surface area contributed by atoms with Crippen molar-refractivity contribution in [2.75, 3.05) is 0 Å². The molecule has 0 amide bonds. The maximum absolute atomic E-state index is 3.74. The van der Waals surface area contributed by atoms with Crippen LogP contribution in [0.15, 0.2) is 53.0 Å². The van der Waals surface area contributed by atoms with Crippen molar-refractivity contribution in [3.8, 4) is 5.69 Å². The molecule has 2 atom stereocenters. The molecule has 3 aromatic carbocycles. The van der Waals surface area contributed by atoms with Gasteiger partial charge in [0.25, 0.3) is 0 Å². The van der Waals surface area contributed by atoms with Gasteiger partial charge in [0, 0.05) is 27.1 Å². The first-order valence-electron chi connectivity index (χ1n) is 8.56. The van der Waals surface area contributed by atoms with Gasteiger partial charge in [-0.05, 0) is 34.4 Å². The van der Waals surface area contributed by atoms with Crippen LogP contribution < -0.4 is 0 Å². The van der Waals surface area contributed by atoms with Crippen LogP contribution >= 0.6 is 15.9 Å². The topological polar surface area (TPSA) is 4.93 Å². The van der Waals surface area contributed by atoms with Gasteiger partial charge in [0.05, 0.1) is 16.7 Å². The van der Waals surface area contributed by atoms with Crippen molar-refractivity contribution < 1.29 is 0 Å². The Morgan fingerprint density at radius 2 is 1.38 bits per heavy atom. The van der Waals surface area contributed by atoms with E-state index in [1.54, 1.807) is 0 Å². The number of hydrogen-bond donors (Lipinski definition) is 0. The monoisotopic (exact) mass is 373 g/mol. The average Bonchev–Trinajstić information content (AvgIpc) is 2.92. The van der Waals surface area contributed by atoms with Crippen molar-refractivity contribution in [3.05, 3.63) is 75.3 Å². The highest BCUT2D eigenvalue weighted by atomic mass is 79.9. The van der Waals surface area contributed by atoms with Crippen LogP contribution in [0.1, 0.15) is 47.9 Å². The van der Waals surface area contributed by atoms with E-state index in [-0.39, 0.29) is 0 Å². The van der Waals surface area contributed by atoms with Crippen LogP contribution in [0.5, 0.6) is 0 Å². The summed E-state index contributed by atoms with van der Waals surface area (Å²) in [4.78, 5) is 0. The van der Waals surface area contributed by atoms with Gasteiger partial charge in [-0.2, -0.15) is 0 Å². The number of fused-ring (bicyclic) bond motifs is 1. The first kappa shape index (κ1) is 13.3. The maximum Gasteiger partial charge on any atom is 0.0580 e. The summed E-state index contributed by atoms with van der Waals surface area (Å²) in [5.74, 6) is 0.864. The lowest BCUT2D eigenvalue weighted by Gasteiger charge is -2.33. The molecular weight excluding hydrogens is 358 g/mol. The Bertz CT molecular complexity index is 1200. The van der Waals surface area contributed by atoms with E-state index in [9.17, 15) is 0 Å². The normalized spacial score (nSPS) is 20.3. The van der Waals surface area contributed by atoms with Crippen molar-refractivity contribution in [1.82, 2.24) is 4.57 Å². The minimum absolute atomic E-state index is 0.422. The molecular formula is C22H16BrN. The molecule has 3 heterocycles. The molecule has 6 rings (SSSR count). The van der Waals surface area contributed by atoms with Crippen molar-refractivity contribution in [2.45, 2.75) is 25.7 Å². The predicted octanol–water partition coefficient (Wildman–Crippen LogP) is 6.48. The summed E-state index contributed by atoms with van der Waals surface area (Å²) in [5.41, 5.74) is 10.0. The molecule has 24 heavy (non-hydrogen) atoms. The Labute approximate surface area is 149 Å². The third kappa shape index (κ3) is 1.31. The van der Waals surface area contributed by atoms with Crippen LogP contribution in [0.3, 0.4) is 0 Å². The Kier molecular flexibility index (Phi) is 2.28. The minimum Gasteiger partial charge on any atom is -0.308 e. The summed E-state index contributed by atoms with van der Waals surface area (Å²) in [7, 11) is 0. The third-order valence-electron chi connectivity index (χ3n) is 6.10. The van der Waals surface area contributed by atoms with E-state index in [1.807, 2.05) is 0 Å². The highest BCUT2D eigenvalue weighted by Crippen LogP contribution is 2.52. The molecule has 0 saturated carbocycles. The van der Waals surface area contributed by atoms with Gasteiger partial charge in [-0.3, -0.25) is 0 Å². The second-order valence-corrected chi connectivity index (χ2v) is 8.11. The summed E-state index contributed by atoms with van der Waals surface area (Å²) in [6, 6.07) is 18.3. The molecule has 0 radical (unpaired) electrons. The maximum atomic E-state index is 3.74. The van der Waals surface area contributed by atoms with Gasteiger partial charge in [0.2, 0.25) is 0 Å². The van der Waals surface area contributed by atoms with Crippen LogP contribution in [0.4, 0.5) is 0 Å². The molecule has 116 valence electrons. The second kappa shape index (κ2) is 4.12. The number of hydrogen-bond acceptors (Lipinski definition) is 0. The molecule has 1 nitrogen and oxygen atoms in total. The van der Waals surface area contributed by atoms with Gasteiger partial charge < -0.3 is 4.57 Å². The minimum atomic E-state index is 0.422. The van der Waals surface area contributed by atoms with E-state index in [0.717, 1.165) is 0 Å². The highest BCUT2D eigenvalue weighted by Gasteiger charge is 2.34. The predicted molar refractivity (Wildman–Crippen MR) is 104 cm³/mol. The lowest BCUT2D eigenvalue weighted by molar-refractivity contribution is 0.821. The first-order chi connectivity index (χ1) is 11.7. The summed E-state index contributed by atoms with van der Waals surface area (Å²) in [6.45, 7) is 4.69. The van der Waals surface area contributed by atoms with Crippen molar-refractivity contribution >= 4 is 37.7 Å². The lowest BCUT2D eigenvalue weighted by atomic mass is 9.81.